The van der Waals surface area contributed by atoms with Gasteiger partial charge in [-0.3, -0.25) is 0 Å². The van der Waals surface area contributed by atoms with E-state index in [9.17, 15) is 13.2 Å². The van der Waals surface area contributed by atoms with Gasteiger partial charge in [-0.25, -0.2) is 4.98 Å². The van der Waals surface area contributed by atoms with Crippen LogP contribution < -0.4 is 5.32 Å². The first kappa shape index (κ1) is 16.3. The van der Waals surface area contributed by atoms with Gasteiger partial charge in [0.05, 0.1) is 27.5 Å². The second-order valence-electron chi connectivity index (χ2n) is 4.63. The van der Waals surface area contributed by atoms with Crippen LogP contribution in [-0.4, -0.2) is 11.5 Å². The van der Waals surface area contributed by atoms with Gasteiger partial charge < -0.3 is 5.32 Å². The van der Waals surface area contributed by atoms with E-state index in [1.807, 2.05) is 12.3 Å². The van der Waals surface area contributed by atoms with Gasteiger partial charge in [-0.1, -0.05) is 6.92 Å². The van der Waals surface area contributed by atoms with Crippen LogP contribution in [-0.2, 0) is 19.0 Å². The molecule has 0 amide bonds. The summed E-state index contributed by atoms with van der Waals surface area (Å²) in [6.45, 7) is 2.54. The fourth-order valence-corrected chi connectivity index (χ4v) is 2.70. The monoisotopic (exact) mass is 325 g/mol. The number of nitrogens with one attached hydrogen (secondary N) is 1. The third-order valence-corrected chi connectivity index (χ3v) is 4.11. The number of rotatable bonds is 5. The molecule has 2 aromatic rings. The van der Waals surface area contributed by atoms with E-state index in [1.54, 1.807) is 17.4 Å². The molecule has 7 heteroatoms. The lowest BCUT2D eigenvalue weighted by Crippen LogP contribution is -2.09. The average molecular weight is 325 g/mol. The lowest BCUT2D eigenvalue weighted by Gasteiger charge is -2.11. The number of anilines is 1. The number of aromatic nitrogens is 1. The topological polar surface area (TPSA) is 48.7 Å². The second kappa shape index (κ2) is 6.79. The van der Waals surface area contributed by atoms with E-state index in [1.165, 1.54) is 6.07 Å². The fraction of sp³-hybridized carbons (Fsp3) is 0.333. The van der Waals surface area contributed by atoms with E-state index in [2.05, 4.69) is 10.3 Å². The van der Waals surface area contributed by atoms with Crippen molar-refractivity contribution < 1.29 is 13.2 Å². The van der Waals surface area contributed by atoms with Crippen LogP contribution in [0.1, 0.15) is 28.8 Å². The molecule has 0 aliphatic rings. The summed E-state index contributed by atoms with van der Waals surface area (Å²) >= 11 is 1.59. The third-order valence-electron chi connectivity index (χ3n) is 3.07. The van der Waals surface area contributed by atoms with E-state index < -0.39 is 11.7 Å². The minimum atomic E-state index is -4.44. The molecule has 2 rings (SSSR count). The Labute approximate surface area is 130 Å². The number of halogens is 3. The molecule has 0 saturated heterocycles. The molecule has 0 radical (unpaired) electrons. The van der Waals surface area contributed by atoms with Crippen LogP contribution in [0.25, 0.3) is 0 Å². The summed E-state index contributed by atoms with van der Waals surface area (Å²) in [4.78, 5) is 4.41. The smallest absolute Gasteiger partial charge is 0.384 e. The van der Waals surface area contributed by atoms with Gasteiger partial charge in [0.15, 0.2) is 0 Å². The first-order valence-corrected chi connectivity index (χ1v) is 7.60. The Morgan fingerprint density at radius 2 is 2.14 bits per heavy atom. The van der Waals surface area contributed by atoms with Crippen molar-refractivity contribution >= 4 is 17.0 Å². The van der Waals surface area contributed by atoms with Crippen molar-refractivity contribution in [3.8, 4) is 6.07 Å². The number of benzene rings is 1. The van der Waals surface area contributed by atoms with Gasteiger partial charge in [-0.2, -0.15) is 18.4 Å². The highest BCUT2D eigenvalue weighted by molar-refractivity contribution is 7.09. The molecular formula is C15H14F3N3S. The predicted octanol–water partition coefficient (Wildman–Crippen LogP) is 4.25. The molecule has 3 nitrogen and oxygen atoms in total. The average Bonchev–Trinajstić information content (AvgIpc) is 2.94. The zero-order valence-corrected chi connectivity index (χ0v) is 12.7. The maximum absolute atomic E-state index is 12.6. The Hall–Kier alpha value is -2.07. The minimum absolute atomic E-state index is 0.0117. The van der Waals surface area contributed by atoms with Crippen molar-refractivity contribution in [3.05, 3.63) is 45.4 Å². The molecular weight excluding hydrogens is 311 g/mol. The SMILES string of the molecule is CCc1nc(CCNc2ccc(C(F)(F)F)cc2C#N)cs1. The highest BCUT2D eigenvalue weighted by atomic mass is 32.1. The summed E-state index contributed by atoms with van der Waals surface area (Å²) in [6.07, 6.45) is -2.90. The molecule has 0 bridgehead atoms. The number of aryl methyl sites for hydroxylation is 1. The number of alkyl halides is 3. The summed E-state index contributed by atoms with van der Waals surface area (Å²) in [5.74, 6) is 0. The molecule has 0 aliphatic heterocycles. The van der Waals surface area contributed by atoms with Crippen LogP contribution in [0, 0.1) is 11.3 Å². The van der Waals surface area contributed by atoms with Crippen LogP contribution >= 0.6 is 11.3 Å². The number of nitrogens with zero attached hydrogens (tertiary/aromatic N) is 2. The van der Waals surface area contributed by atoms with Crippen molar-refractivity contribution in [2.75, 3.05) is 11.9 Å². The van der Waals surface area contributed by atoms with Crippen LogP contribution in [0.5, 0.6) is 0 Å². The molecule has 0 saturated carbocycles. The highest BCUT2D eigenvalue weighted by Crippen LogP contribution is 2.31. The van der Waals surface area contributed by atoms with Crippen molar-refractivity contribution in [2.45, 2.75) is 25.9 Å². The summed E-state index contributed by atoms with van der Waals surface area (Å²) in [5.41, 5.74) is 0.519. The lowest BCUT2D eigenvalue weighted by molar-refractivity contribution is -0.137. The minimum Gasteiger partial charge on any atom is -0.384 e. The van der Waals surface area contributed by atoms with Gasteiger partial charge in [-0.15, -0.1) is 11.3 Å². The Morgan fingerprint density at radius 3 is 2.73 bits per heavy atom. The maximum atomic E-state index is 12.6. The van der Waals surface area contributed by atoms with Gasteiger partial charge in [0.1, 0.15) is 6.07 Å². The van der Waals surface area contributed by atoms with Gasteiger partial charge in [0, 0.05) is 18.3 Å². The van der Waals surface area contributed by atoms with Crippen LogP contribution in [0.15, 0.2) is 23.6 Å². The molecule has 0 unspecified atom stereocenters. The summed E-state index contributed by atoms with van der Waals surface area (Å²) in [6, 6.07) is 4.92. The Morgan fingerprint density at radius 1 is 1.36 bits per heavy atom. The van der Waals surface area contributed by atoms with Gasteiger partial charge in [0.25, 0.3) is 0 Å². The molecule has 1 aromatic heterocycles. The van der Waals surface area contributed by atoms with Crippen LogP contribution in [0.3, 0.4) is 0 Å². The number of nitriles is 1. The lowest BCUT2D eigenvalue weighted by atomic mass is 10.1. The highest BCUT2D eigenvalue weighted by Gasteiger charge is 2.31. The molecule has 1 heterocycles. The Bertz CT molecular complexity index is 686. The number of thiazole rings is 1. The van der Waals surface area contributed by atoms with E-state index in [0.29, 0.717) is 18.7 Å². The summed E-state index contributed by atoms with van der Waals surface area (Å²) < 4.78 is 37.8. The first-order chi connectivity index (χ1) is 10.4. The largest absolute Gasteiger partial charge is 0.416 e. The molecule has 0 atom stereocenters. The molecule has 0 fully saturated rings. The molecule has 0 aliphatic carbocycles. The van der Waals surface area contributed by atoms with E-state index in [0.717, 1.165) is 29.3 Å². The van der Waals surface area contributed by atoms with Crippen LogP contribution in [0.4, 0.5) is 18.9 Å². The van der Waals surface area contributed by atoms with Crippen LogP contribution in [0.2, 0.25) is 0 Å². The maximum Gasteiger partial charge on any atom is 0.416 e. The van der Waals surface area contributed by atoms with Gasteiger partial charge in [0.2, 0.25) is 0 Å². The van der Waals surface area contributed by atoms with E-state index in [-0.39, 0.29) is 5.56 Å². The van der Waals surface area contributed by atoms with Crippen molar-refractivity contribution in [3.63, 3.8) is 0 Å². The third kappa shape index (κ3) is 3.98. The molecule has 116 valence electrons. The van der Waals surface area contributed by atoms with Crippen molar-refractivity contribution in [1.82, 2.24) is 4.98 Å². The zero-order chi connectivity index (χ0) is 16.2. The molecule has 1 N–H and O–H groups in total. The van der Waals surface area contributed by atoms with Crippen molar-refractivity contribution in [1.29, 1.82) is 5.26 Å². The zero-order valence-electron chi connectivity index (χ0n) is 11.9. The van der Waals surface area contributed by atoms with E-state index in [4.69, 9.17) is 5.26 Å². The molecule has 1 aromatic carbocycles. The van der Waals surface area contributed by atoms with E-state index >= 15 is 0 Å². The Balaban J connectivity index is 2.02. The fourth-order valence-electron chi connectivity index (χ4n) is 1.92. The molecule has 0 spiro atoms. The predicted molar refractivity (Wildman–Crippen MR) is 79.8 cm³/mol. The number of hydrogen-bond acceptors (Lipinski definition) is 4. The second-order valence-corrected chi connectivity index (χ2v) is 5.58. The molecule has 22 heavy (non-hydrogen) atoms. The van der Waals surface area contributed by atoms with Gasteiger partial charge in [-0.05, 0) is 24.6 Å². The standard InChI is InChI=1S/C15H14F3N3S/c1-2-14-21-12(9-22-14)5-6-20-13-4-3-11(15(16,17)18)7-10(13)8-19/h3-4,7,9,20H,2,5-6H2,1H3. The normalized spacial score (nSPS) is 11.2. The quantitative estimate of drug-likeness (QED) is 0.894. The summed E-state index contributed by atoms with van der Waals surface area (Å²) in [5, 5.41) is 15.0. The first-order valence-electron chi connectivity index (χ1n) is 6.72. The summed E-state index contributed by atoms with van der Waals surface area (Å²) in [7, 11) is 0. The van der Waals surface area contributed by atoms with Gasteiger partial charge >= 0.3 is 6.18 Å². The Kier molecular flexibility index (Phi) is 5.03. The van der Waals surface area contributed by atoms with Crippen molar-refractivity contribution in [2.24, 2.45) is 0 Å². The number of hydrogen-bond donors (Lipinski definition) is 1.